The number of carbonyl (C=O) groups is 2. The average Bonchev–Trinajstić information content (AvgIpc) is 2.38. The number of urea groups is 1. The number of hydrogen-bond donors (Lipinski definition) is 2. The summed E-state index contributed by atoms with van der Waals surface area (Å²) >= 11 is 0. The number of benzene rings is 1. The Morgan fingerprint density at radius 3 is 2.70 bits per heavy atom. The van der Waals surface area contributed by atoms with Gasteiger partial charge in [-0.3, -0.25) is 14.9 Å². The molecule has 0 saturated carbocycles. The van der Waals surface area contributed by atoms with Gasteiger partial charge in [0.1, 0.15) is 0 Å². The first-order valence-electron chi connectivity index (χ1n) is 5.80. The van der Waals surface area contributed by atoms with E-state index in [9.17, 15) is 19.7 Å². The number of carboxylic acids is 1. The van der Waals surface area contributed by atoms with Crippen molar-refractivity contribution in [2.24, 2.45) is 5.92 Å². The number of nitro benzene ring substituents is 1. The molecule has 20 heavy (non-hydrogen) atoms. The molecule has 8 heteroatoms. The van der Waals surface area contributed by atoms with E-state index in [1.807, 2.05) is 0 Å². The van der Waals surface area contributed by atoms with E-state index in [0.717, 1.165) is 0 Å². The first-order chi connectivity index (χ1) is 9.31. The lowest BCUT2D eigenvalue weighted by atomic mass is 10.2. The molecule has 0 radical (unpaired) electrons. The van der Waals surface area contributed by atoms with Gasteiger partial charge in [0.05, 0.1) is 10.8 Å². The van der Waals surface area contributed by atoms with Gasteiger partial charge in [0.15, 0.2) is 0 Å². The fourth-order valence-corrected chi connectivity index (χ4v) is 1.49. The van der Waals surface area contributed by atoms with Crippen LogP contribution < -0.4 is 5.32 Å². The predicted octanol–water partition coefficient (Wildman–Crippen LogP) is 1.78. The molecule has 1 aromatic rings. The average molecular weight is 281 g/mol. The monoisotopic (exact) mass is 281 g/mol. The molecule has 1 rings (SSSR count). The molecule has 0 aliphatic heterocycles. The number of amides is 2. The van der Waals surface area contributed by atoms with E-state index in [4.69, 9.17) is 5.11 Å². The predicted molar refractivity (Wildman–Crippen MR) is 71.5 cm³/mol. The number of carbonyl (C=O) groups excluding carboxylic acids is 1. The van der Waals surface area contributed by atoms with Crippen LogP contribution in [0.3, 0.4) is 0 Å². The summed E-state index contributed by atoms with van der Waals surface area (Å²) in [6.45, 7) is 1.52. The third kappa shape index (κ3) is 4.23. The summed E-state index contributed by atoms with van der Waals surface area (Å²) in [5, 5.41) is 21.8. The van der Waals surface area contributed by atoms with E-state index in [1.165, 1.54) is 43.1 Å². The van der Waals surface area contributed by atoms with Gasteiger partial charge in [-0.15, -0.1) is 0 Å². The zero-order valence-electron chi connectivity index (χ0n) is 11.1. The van der Waals surface area contributed by atoms with Crippen molar-refractivity contribution in [3.8, 4) is 0 Å². The zero-order chi connectivity index (χ0) is 15.3. The summed E-state index contributed by atoms with van der Waals surface area (Å²) in [5.74, 6) is -1.70. The molecule has 1 unspecified atom stereocenters. The maximum Gasteiger partial charge on any atom is 0.321 e. The molecular formula is C12H15N3O5. The Labute approximate surface area is 115 Å². The summed E-state index contributed by atoms with van der Waals surface area (Å²) in [4.78, 5) is 33.8. The highest BCUT2D eigenvalue weighted by molar-refractivity contribution is 5.89. The van der Waals surface area contributed by atoms with Gasteiger partial charge in [-0.2, -0.15) is 0 Å². The molecule has 2 amide bonds. The van der Waals surface area contributed by atoms with E-state index in [2.05, 4.69) is 5.32 Å². The molecule has 0 aliphatic rings. The summed E-state index contributed by atoms with van der Waals surface area (Å²) in [6.07, 6.45) is 0. The molecule has 1 aromatic carbocycles. The molecule has 0 fully saturated rings. The zero-order valence-corrected chi connectivity index (χ0v) is 11.1. The summed E-state index contributed by atoms with van der Waals surface area (Å²) in [5.41, 5.74) is 0.142. The normalized spacial score (nSPS) is 11.5. The molecule has 108 valence electrons. The summed E-state index contributed by atoms with van der Waals surface area (Å²) in [6, 6.07) is 4.98. The Morgan fingerprint density at radius 2 is 2.15 bits per heavy atom. The summed E-state index contributed by atoms with van der Waals surface area (Å²) < 4.78 is 0. The number of carboxylic acid groups (broad SMARTS) is 1. The van der Waals surface area contributed by atoms with Gasteiger partial charge in [0, 0.05) is 31.4 Å². The van der Waals surface area contributed by atoms with Gasteiger partial charge in [-0.25, -0.2) is 4.79 Å². The topological polar surface area (TPSA) is 113 Å². The van der Waals surface area contributed by atoms with Gasteiger partial charge < -0.3 is 15.3 Å². The van der Waals surface area contributed by atoms with E-state index < -0.39 is 22.8 Å². The van der Waals surface area contributed by atoms with Crippen LogP contribution in [0.25, 0.3) is 0 Å². The molecule has 0 spiro atoms. The fourth-order valence-electron chi connectivity index (χ4n) is 1.49. The van der Waals surface area contributed by atoms with Crippen molar-refractivity contribution < 1.29 is 19.6 Å². The largest absolute Gasteiger partial charge is 0.481 e. The maximum atomic E-state index is 11.8. The highest BCUT2D eigenvalue weighted by Gasteiger charge is 2.17. The minimum absolute atomic E-state index is 0.0378. The third-order valence-corrected chi connectivity index (χ3v) is 2.62. The van der Waals surface area contributed by atoms with Crippen molar-refractivity contribution in [2.45, 2.75) is 6.92 Å². The third-order valence-electron chi connectivity index (χ3n) is 2.62. The highest BCUT2D eigenvalue weighted by Crippen LogP contribution is 2.17. The van der Waals surface area contributed by atoms with E-state index in [0.29, 0.717) is 0 Å². The molecular weight excluding hydrogens is 266 g/mol. The smallest absolute Gasteiger partial charge is 0.321 e. The number of rotatable bonds is 5. The van der Waals surface area contributed by atoms with Crippen LogP contribution in [-0.4, -0.2) is 40.5 Å². The van der Waals surface area contributed by atoms with Crippen LogP contribution in [-0.2, 0) is 4.79 Å². The van der Waals surface area contributed by atoms with E-state index in [1.54, 1.807) is 0 Å². The standard InChI is InChI=1S/C12H15N3O5/c1-8(11(16)17)7-14(2)12(18)13-9-4-3-5-10(6-9)15(19)20/h3-6,8H,7H2,1-2H3,(H,13,18)(H,16,17). The number of hydrogen-bond acceptors (Lipinski definition) is 4. The lowest BCUT2D eigenvalue weighted by molar-refractivity contribution is -0.384. The Bertz CT molecular complexity index is 532. The van der Waals surface area contributed by atoms with Crippen LogP contribution in [0, 0.1) is 16.0 Å². The van der Waals surface area contributed by atoms with Crippen LogP contribution in [0.4, 0.5) is 16.2 Å². The minimum atomic E-state index is -1.00. The van der Waals surface area contributed by atoms with Gasteiger partial charge >= 0.3 is 12.0 Å². The minimum Gasteiger partial charge on any atom is -0.481 e. The Kier molecular flexibility index (Phi) is 5.01. The van der Waals surface area contributed by atoms with Crippen LogP contribution in [0.2, 0.25) is 0 Å². The number of non-ortho nitro benzene ring substituents is 1. The second-order valence-electron chi connectivity index (χ2n) is 4.36. The lowest BCUT2D eigenvalue weighted by Gasteiger charge is -2.19. The Balaban J connectivity index is 2.68. The van der Waals surface area contributed by atoms with Gasteiger partial charge in [-0.1, -0.05) is 13.0 Å². The Hall–Kier alpha value is -2.64. The molecule has 0 bridgehead atoms. The number of anilines is 1. The van der Waals surface area contributed by atoms with Crippen LogP contribution in [0.5, 0.6) is 0 Å². The molecule has 0 aliphatic carbocycles. The van der Waals surface area contributed by atoms with Crippen molar-refractivity contribution in [1.82, 2.24) is 4.90 Å². The molecule has 8 nitrogen and oxygen atoms in total. The summed E-state index contributed by atoms with van der Waals surface area (Å²) in [7, 11) is 1.45. The van der Waals surface area contributed by atoms with Gasteiger partial charge in [-0.05, 0) is 6.07 Å². The fraction of sp³-hybridized carbons (Fsp3) is 0.333. The van der Waals surface area contributed by atoms with Crippen LogP contribution in [0.15, 0.2) is 24.3 Å². The molecule has 0 aromatic heterocycles. The van der Waals surface area contributed by atoms with Crippen LogP contribution >= 0.6 is 0 Å². The number of nitrogens with zero attached hydrogens (tertiary/aromatic N) is 2. The number of aliphatic carboxylic acids is 1. The molecule has 0 saturated heterocycles. The van der Waals surface area contributed by atoms with Crippen molar-refractivity contribution >= 4 is 23.4 Å². The number of nitro groups is 1. The van der Waals surface area contributed by atoms with Gasteiger partial charge in [0.2, 0.25) is 0 Å². The second-order valence-corrected chi connectivity index (χ2v) is 4.36. The number of nitrogens with one attached hydrogen (secondary N) is 1. The van der Waals surface area contributed by atoms with Crippen molar-refractivity contribution in [2.75, 3.05) is 18.9 Å². The van der Waals surface area contributed by atoms with Crippen LogP contribution in [0.1, 0.15) is 6.92 Å². The lowest BCUT2D eigenvalue weighted by Crippen LogP contribution is -2.36. The first kappa shape index (κ1) is 15.4. The molecule has 2 N–H and O–H groups in total. The maximum absolute atomic E-state index is 11.8. The van der Waals surface area contributed by atoms with E-state index >= 15 is 0 Å². The first-order valence-corrected chi connectivity index (χ1v) is 5.80. The second kappa shape index (κ2) is 6.50. The Morgan fingerprint density at radius 1 is 1.50 bits per heavy atom. The SMILES string of the molecule is CC(CN(C)C(=O)Nc1cccc([N+](=O)[O-])c1)C(=O)O. The quantitative estimate of drug-likeness (QED) is 0.631. The van der Waals surface area contributed by atoms with E-state index in [-0.39, 0.29) is 17.9 Å². The van der Waals surface area contributed by atoms with Gasteiger partial charge in [0.25, 0.3) is 5.69 Å². The highest BCUT2D eigenvalue weighted by atomic mass is 16.6. The van der Waals surface area contributed by atoms with Crippen molar-refractivity contribution in [3.05, 3.63) is 34.4 Å². The van der Waals surface area contributed by atoms with Crippen molar-refractivity contribution in [3.63, 3.8) is 0 Å². The molecule has 0 heterocycles. The molecule has 1 atom stereocenters. The van der Waals surface area contributed by atoms with Crippen molar-refractivity contribution in [1.29, 1.82) is 0 Å².